The fraction of sp³-hybridized carbons (Fsp3) is 0.278. The van der Waals surface area contributed by atoms with Gasteiger partial charge in [-0.05, 0) is 55.7 Å². The van der Waals surface area contributed by atoms with Crippen LogP contribution in [-0.2, 0) is 6.42 Å². The summed E-state index contributed by atoms with van der Waals surface area (Å²) in [5, 5.41) is 4.08. The molecule has 0 saturated carbocycles. The number of anilines is 1. The number of nitrogens with one attached hydrogen (secondary N) is 1. The largest absolute Gasteiger partial charge is 0.350 e. The van der Waals surface area contributed by atoms with E-state index < -0.39 is 0 Å². The molecule has 0 saturated heterocycles. The second kappa shape index (κ2) is 7.79. The first-order valence-corrected chi connectivity index (χ1v) is 7.82. The maximum atomic E-state index is 5.41. The number of rotatable bonds is 5. The first-order valence-electron chi connectivity index (χ1n) is 7.41. The Morgan fingerprint density at radius 2 is 1.48 bits per heavy atom. The van der Waals surface area contributed by atoms with Crippen LogP contribution in [0.5, 0.6) is 0 Å². The lowest BCUT2D eigenvalue weighted by atomic mass is 10.0. The lowest BCUT2D eigenvalue weighted by Crippen LogP contribution is -2.34. The van der Waals surface area contributed by atoms with E-state index in [2.05, 4.69) is 72.6 Å². The van der Waals surface area contributed by atoms with Gasteiger partial charge in [0.1, 0.15) is 0 Å². The predicted molar refractivity (Wildman–Crippen MR) is 94.8 cm³/mol. The average Bonchev–Trinajstić information content (AvgIpc) is 2.51. The summed E-state index contributed by atoms with van der Waals surface area (Å²) >= 11 is 5.41. The lowest BCUT2D eigenvalue weighted by molar-refractivity contribution is 0.473. The molecule has 0 amide bonds. The van der Waals surface area contributed by atoms with Gasteiger partial charge in [-0.15, -0.1) is 0 Å². The van der Waals surface area contributed by atoms with Crippen molar-refractivity contribution >= 4 is 23.0 Å². The number of nitrogens with zero attached hydrogens (tertiary/aromatic N) is 1. The van der Waals surface area contributed by atoms with Gasteiger partial charge >= 0.3 is 0 Å². The Morgan fingerprint density at radius 3 is 2.05 bits per heavy atom. The van der Waals surface area contributed by atoms with Gasteiger partial charge in [0, 0.05) is 18.8 Å². The molecule has 1 N–H and O–H groups in total. The predicted octanol–water partition coefficient (Wildman–Crippen LogP) is 4.32. The molecule has 0 fully saturated rings. The van der Waals surface area contributed by atoms with Gasteiger partial charge in [-0.2, -0.15) is 0 Å². The Labute approximate surface area is 132 Å². The number of benzene rings is 2. The molecule has 2 nitrogen and oxygen atoms in total. The van der Waals surface area contributed by atoms with E-state index in [1.54, 1.807) is 0 Å². The molecular formula is C18H22N2S. The van der Waals surface area contributed by atoms with Crippen molar-refractivity contribution in [1.82, 2.24) is 4.90 Å². The highest BCUT2D eigenvalue weighted by atomic mass is 32.1. The zero-order chi connectivity index (χ0) is 15.1. The molecular weight excluding hydrogens is 276 g/mol. The highest BCUT2D eigenvalue weighted by Gasteiger charge is 2.05. The molecule has 0 bridgehead atoms. The van der Waals surface area contributed by atoms with E-state index in [1.165, 1.54) is 11.1 Å². The standard InChI is InChI=1S/C18H22N2S/c1-3-20(4-2)18(21)19-17-12-10-16(11-13-17)14-15-8-6-5-7-9-15/h5-13H,3-4,14H2,1-2H3,(H,19,21). The Bertz CT molecular complexity index is 560. The van der Waals surface area contributed by atoms with Gasteiger partial charge in [-0.25, -0.2) is 0 Å². The third-order valence-corrected chi connectivity index (χ3v) is 3.87. The fourth-order valence-corrected chi connectivity index (χ4v) is 2.63. The zero-order valence-electron chi connectivity index (χ0n) is 12.7. The summed E-state index contributed by atoms with van der Waals surface area (Å²) in [6.07, 6.45) is 0.960. The molecule has 0 aromatic heterocycles. The maximum absolute atomic E-state index is 5.41. The van der Waals surface area contributed by atoms with E-state index in [1.807, 2.05) is 6.07 Å². The normalized spacial score (nSPS) is 10.2. The van der Waals surface area contributed by atoms with Gasteiger partial charge < -0.3 is 10.2 Å². The molecule has 2 aromatic carbocycles. The van der Waals surface area contributed by atoms with Crippen LogP contribution in [0.2, 0.25) is 0 Å². The van der Waals surface area contributed by atoms with Gasteiger partial charge in [0.05, 0.1) is 0 Å². The van der Waals surface area contributed by atoms with Crippen molar-refractivity contribution in [2.24, 2.45) is 0 Å². The molecule has 0 atom stereocenters. The molecule has 2 aromatic rings. The van der Waals surface area contributed by atoms with E-state index in [0.29, 0.717) is 0 Å². The van der Waals surface area contributed by atoms with E-state index in [9.17, 15) is 0 Å². The second-order valence-electron chi connectivity index (χ2n) is 4.96. The van der Waals surface area contributed by atoms with Gasteiger partial charge in [0.25, 0.3) is 0 Å². The van der Waals surface area contributed by atoms with Crippen molar-refractivity contribution in [3.63, 3.8) is 0 Å². The summed E-state index contributed by atoms with van der Waals surface area (Å²) in [5.41, 5.74) is 3.68. The van der Waals surface area contributed by atoms with E-state index >= 15 is 0 Å². The van der Waals surface area contributed by atoms with E-state index in [-0.39, 0.29) is 0 Å². The van der Waals surface area contributed by atoms with Gasteiger partial charge in [-0.1, -0.05) is 42.5 Å². The molecule has 0 unspecified atom stereocenters. The second-order valence-corrected chi connectivity index (χ2v) is 5.35. The Kier molecular flexibility index (Phi) is 5.76. The van der Waals surface area contributed by atoms with Crippen LogP contribution in [0.1, 0.15) is 25.0 Å². The SMILES string of the molecule is CCN(CC)C(=S)Nc1ccc(Cc2ccccc2)cc1. The quantitative estimate of drug-likeness (QED) is 0.828. The van der Waals surface area contributed by atoms with Gasteiger partial charge in [0.2, 0.25) is 0 Å². The van der Waals surface area contributed by atoms with Crippen molar-refractivity contribution in [3.8, 4) is 0 Å². The number of hydrogen-bond acceptors (Lipinski definition) is 1. The molecule has 110 valence electrons. The van der Waals surface area contributed by atoms with Crippen LogP contribution in [0.25, 0.3) is 0 Å². The molecule has 0 radical (unpaired) electrons. The molecule has 0 aliphatic rings. The van der Waals surface area contributed by atoms with Crippen LogP contribution in [0.4, 0.5) is 5.69 Å². The first kappa shape index (κ1) is 15.5. The topological polar surface area (TPSA) is 15.3 Å². The first-order chi connectivity index (χ1) is 10.2. The minimum atomic E-state index is 0.788. The minimum Gasteiger partial charge on any atom is -0.350 e. The fourth-order valence-electron chi connectivity index (χ4n) is 2.25. The van der Waals surface area contributed by atoms with Crippen LogP contribution in [0.3, 0.4) is 0 Å². The molecule has 3 heteroatoms. The zero-order valence-corrected chi connectivity index (χ0v) is 13.5. The van der Waals surface area contributed by atoms with Crippen LogP contribution in [0, 0.1) is 0 Å². The van der Waals surface area contributed by atoms with Gasteiger partial charge in [-0.3, -0.25) is 0 Å². The molecule has 21 heavy (non-hydrogen) atoms. The van der Waals surface area contributed by atoms with Crippen LogP contribution in [0.15, 0.2) is 54.6 Å². The number of thiocarbonyl (C=S) groups is 1. The molecule has 2 rings (SSSR count). The van der Waals surface area contributed by atoms with E-state index in [4.69, 9.17) is 12.2 Å². The summed E-state index contributed by atoms with van der Waals surface area (Å²) in [6.45, 7) is 6.07. The Morgan fingerprint density at radius 1 is 0.905 bits per heavy atom. The van der Waals surface area contributed by atoms with E-state index in [0.717, 1.165) is 30.3 Å². The van der Waals surface area contributed by atoms with Crippen molar-refractivity contribution < 1.29 is 0 Å². The summed E-state index contributed by atoms with van der Waals surface area (Å²) in [4.78, 5) is 2.13. The van der Waals surface area contributed by atoms with Crippen LogP contribution < -0.4 is 5.32 Å². The smallest absolute Gasteiger partial charge is 0.173 e. The molecule has 0 aliphatic carbocycles. The maximum Gasteiger partial charge on any atom is 0.173 e. The van der Waals surface area contributed by atoms with Crippen LogP contribution >= 0.6 is 12.2 Å². The summed E-state index contributed by atoms with van der Waals surface area (Å²) in [5.74, 6) is 0. The summed E-state index contributed by atoms with van der Waals surface area (Å²) in [7, 11) is 0. The molecule has 0 heterocycles. The van der Waals surface area contributed by atoms with Crippen molar-refractivity contribution in [2.45, 2.75) is 20.3 Å². The highest BCUT2D eigenvalue weighted by Crippen LogP contribution is 2.14. The average molecular weight is 298 g/mol. The molecule has 0 spiro atoms. The third kappa shape index (κ3) is 4.57. The third-order valence-electron chi connectivity index (χ3n) is 3.51. The van der Waals surface area contributed by atoms with Crippen LogP contribution in [-0.4, -0.2) is 23.1 Å². The highest BCUT2D eigenvalue weighted by molar-refractivity contribution is 7.80. The summed E-state index contributed by atoms with van der Waals surface area (Å²) in [6, 6.07) is 19.0. The minimum absolute atomic E-state index is 0.788. The Balaban J connectivity index is 1.97. The van der Waals surface area contributed by atoms with Crippen molar-refractivity contribution in [1.29, 1.82) is 0 Å². The number of hydrogen-bond donors (Lipinski definition) is 1. The summed E-state index contributed by atoms with van der Waals surface area (Å²) < 4.78 is 0. The van der Waals surface area contributed by atoms with Gasteiger partial charge in [0.15, 0.2) is 5.11 Å². The molecule has 0 aliphatic heterocycles. The van der Waals surface area contributed by atoms with Crippen molar-refractivity contribution in [3.05, 3.63) is 65.7 Å². The lowest BCUT2D eigenvalue weighted by Gasteiger charge is -2.22. The monoisotopic (exact) mass is 298 g/mol. The Hall–Kier alpha value is -1.87. The van der Waals surface area contributed by atoms with Crippen molar-refractivity contribution in [2.75, 3.05) is 18.4 Å².